The van der Waals surface area contributed by atoms with Crippen molar-refractivity contribution in [2.75, 3.05) is 5.32 Å². The van der Waals surface area contributed by atoms with E-state index in [0.717, 1.165) is 11.3 Å². The van der Waals surface area contributed by atoms with Crippen molar-refractivity contribution in [1.82, 2.24) is 9.97 Å². The Balaban J connectivity index is 2.42. The molecule has 0 saturated carbocycles. The van der Waals surface area contributed by atoms with Crippen LogP contribution in [0.2, 0.25) is 5.15 Å². The van der Waals surface area contributed by atoms with Crippen LogP contribution >= 0.6 is 11.6 Å². The van der Waals surface area contributed by atoms with Gasteiger partial charge in [0.2, 0.25) is 0 Å². The van der Waals surface area contributed by atoms with Gasteiger partial charge >= 0.3 is 0 Å². The highest BCUT2D eigenvalue weighted by Crippen LogP contribution is 2.23. The fourth-order valence-corrected chi connectivity index (χ4v) is 1.86. The second-order valence-electron chi connectivity index (χ2n) is 3.94. The van der Waals surface area contributed by atoms with E-state index in [0.29, 0.717) is 17.9 Å². The maximum atomic E-state index is 11.0. The molecule has 0 aliphatic carbocycles. The number of rotatable bonds is 3. The van der Waals surface area contributed by atoms with Crippen LogP contribution in [0.3, 0.4) is 0 Å². The van der Waals surface area contributed by atoms with Gasteiger partial charge < -0.3 is 5.32 Å². The van der Waals surface area contributed by atoms with Crippen molar-refractivity contribution in [2.45, 2.75) is 13.8 Å². The van der Waals surface area contributed by atoms with Crippen molar-refractivity contribution in [3.8, 4) is 0 Å². The minimum atomic E-state index is 0.160. The Kier molecular flexibility index (Phi) is 3.58. The van der Waals surface area contributed by atoms with Gasteiger partial charge in [-0.15, -0.1) is 0 Å². The van der Waals surface area contributed by atoms with Crippen molar-refractivity contribution < 1.29 is 4.79 Å². The van der Waals surface area contributed by atoms with Crippen molar-refractivity contribution in [2.24, 2.45) is 0 Å². The summed E-state index contributed by atoms with van der Waals surface area (Å²) in [7, 11) is 0. The van der Waals surface area contributed by atoms with Gasteiger partial charge in [0.25, 0.3) is 0 Å². The maximum absolute atomic E-state index is 11.0. The fourth-order valence-electron chi connectivity index (χ4n) is 1.61. The summed E-state index contributed by atoms with van der Waals surface area (Å²) in [5.74, 6) is 0.939. The highest BCUT2D eigenvalue weighted by molar-refractivity contribution is 6.32. The molecule has 1 N–H and O–H groups in total. The van der Waals surface area contributed by atoms with Gasteiger partial charge in [0.1, 0.15) is 16.8 Å². The van der Waals surface area contributed by atoms with Gasteiger partial charge in [-0.3, -0.25) is 4.79 Å². The molecule has 1 aromatic carbocycles. The monoisotopic (exact) mass is 261 g/mol. The summed E-state index contributed by atoms with van der Waals surface area (Å²) in [4.78, 5) is 19.2. The quantitative estimate of drug-likeness (QED) is 0.680. The Hall–Kier alpha value is -1.94. The molecule has 0 fully saturated rings. The van der Waals surface area contributed by atoms with E-state index in [1.807, 2.05) is 31.2 Å². The second-order valence-corrected chi connectivity index (χ2v) is 4.29. The van der Waals surface area contributed by atoms with Crippen LogP contribution in [0.15, 0.2) is 24.3 Å². The number of halogens is 1. The van der Waals surface area contributed by atoms with Gasteiger partial charge in [0.15, 0.2) is 6.29 Å². The second kappa shape index (κ2) is 5.14. The topological polar surface area (TPSA) is 54.9 Å². The summed E-state index contributed by atoms with van der Waals surface area (Å²) in [6.07, 6.45) is 0.653. The van der Waals surface area contributed by atoms with Crippen LogP contribution in [0.4, 0.5) is 11.5 Å². The fraction of sp³-hybridized carbons (Fsp3) is 0.154. The van der Waals surface area contributed by atoms with Gasteiger partial charge in [0.05, 0.1) is 5.56 Å². The predicted octanol–water partition coefficient (Wildman–Crippen LogP) is 3.30. The lowest BCUT2D eigenvalue weighted by atomic mass is 10.2. The van der Waals surface area contributed by atoms with Crippen LogP contribution < -0.4 is 5.32 Å². The third-order valence-corrected chi connectivity index (χ3v) is 2.70. The van der Waals surface area contributed by atoms with E-state index in [9.17, 15) is 4.79 Å². The smallest absolute Gasteiger partial charge is 0.156 e. The van der Waals surface area contributed by atoms with Crippen LogP contribution in [-0.4, -0.2) is 16.3 Å². The van der Waals surface area contributed by atoms with Crippen LogP contribution in [0.5, 0.6) is 0 Å². The van der Waals surface area contributed by atoms with Crippen LogP contribution in [0.25, 0.3) is 0 Å². The van der Waals surface area contributed by atoms with Crippen molar-refractivity contribution in [3.05, 3.63) is 46.4 Å². The lowest BCUT2D eigenvalue weighted by Crippen LogP contribution is -2.03. The Labute approximate surface area is 110 Å². The Morgan fingerprint density at radius 3 is 2.72 bits per heavy atom. The molecule has 5 heteroatoms. The summed E-state index contributed by atoms with van der Waals surface area (Å²) >= 11 is 5.91. The SMILES string of the molecule is Cc1cccc(Nc2nc(C)nc(Cl)c2C=O)c1. The summed E-state index contributed by atoms with van der Waals surface area (Å²) in [5, 5.41) is 3.24. The summed E-state index contributed by atoms with van der Waals surface area (Å²) in [6, 6.07) is 7.77. The zero-order chi connectivity index (χ0) is 13.1. The molecule has 2 aromatic rings. The van der Waals surface area contributed by atoms with Gasteiger partial charge in [-0.1, -0.05) is 23.7 Å². The molecule has 4 nitrogen and oxygen atoms in total. The van der Waals surface area contributed by atoms with Crippen molar-refractivity contribution in [3.63, 3.8) is 0 Å². The van der Waals surface area contributed by atoms with Crippen LogP contribution in [0, 0.1) is 13.8 Å². The number of nitrogens with zero attached hydrogens (tertiary/aromatic N) is 2. The van der Waals surface area contributed by atoms with E-state index in [1.165, 1.54) is 0 Å². The van der Waals surface area contributed by atoms with Crippen molar-refractivity contribution in [1.29, 1.82) is 0 Å². The highest BCUT2D eigenvalue weighted by atomic mass is 35.5. The normalized spacial score (nSPS) is 10.2. The first-order valence-electron chi connectivity index (χ1n) is 5.43. The number of carbonyl (C=O) groups is 1. The van der Waals surface area contributed by atoms with Gasteiger partial charge in [-0.25, -0.2) is 9.97 Å². The lowest BCUT2D eigenvalue weighted by Gasteiger charge is -2.09. The number of hydrogen-bond acceptors (Lipinski definition) is 4. The number of anilines is 2. The van der Waals surface area contributed by atoms with E-state index in [1.54, 1.807) is 6.92 Å². The first-order valence-corrected chi connectivity index (χ1v) is 5.81. The largest absolute Gasteiger partial charge is 0.339 e. The third kappa shape index (κ3) is 2.65. The Bertz CT molecular complexity index is 599. The minimum Gasteiger partial charge on any atom is -0.339 e. The molecule has 0 unspecified atom stereocenters. The van der Waals surface area contributed by atoms with E-state index >= 15 is 0 Å². The molecule has 1 heterocycles. The molecule has 0 bridgehead atoms. The number of benzene rings is 1. The predicted molar refractivity (Wildman–Crippen MR) is 71.6 cm³/mol. The number of aromatic nitrogens is 2. The van der Waals surface area contributed by atoms with Crippen LogP contribution in [0.1, 0.15) is 21.7 Å². The molecule has 18 heavy (non-hydrogen) atoms. The zero-order valence-electron chi connectivity index (χ0n) is 10.1. The first kappa shape index (κ1) is 12.5. The Morgan fingerprint density at radius 2 is 2.06 bits per heavy atom. The van der Waals surface area contributed by atoms with Gasteiger partial charge in [-0.05, 0) is 31.5 Å². The number of aldehydes is 1. The molecule has 0 aliphatic rings. The number of aryl methyl sites for hydroxylation is 2. The van der Waals surface area contributed by atoms with E-state index in [2.05, 4.69) is 15.3 Å². The molecule has 0 radical (unpaired) electrons. The maximum Gasteiger partial charge on any atom is 0.156 e. The lowest BCUT2D eigenvalue weighted by molar-refractivity contribution is 0.112. The highest BCUT2D eigenvalue weighted by Gasteiger charge is 2.11. The molecular formula is C13H12ClN3O. The number of hydrogen-bond donors (Lipinski definition) is 1. The summed E-state index contributed by atoms with van der Waals surface area (Å²) in [5.41, 5.74) is 2.24. The standard InChI is InChI=1S/C13H12ClN3O/c1-8-4-3-5-10(6-8)17-13-11(7-18)12(14)15-9(2)16-13/h3-7H,1-2H3,(H,15,16,17). The van der Waals surface area contributed by atoms with Crippen LogP contribution in [-0.2, 0) is 0 Å². The molecule has 0 spiro atoms. The molecule has 0 atom stereocenters. The van der Waals surface area contributed by atoms with E-state index < -0.39 is 0 Å². The molecule has 2 rings (SSSR count). The zero-order valence-corrected chi connectivity index (χ0v) is 10.8. The molecule has 0 saturated heterocycles. The first-order chi connectivity index (χ1) is 8.60. The number of carbonyl (C=O) groups excluding carboxylic acids is 1. The average Bonchev–Trinajstić information content (AvgIpc) is 2.28. The molecule has 0 amide bonds. The summed E-state index contributed by atoms with van der Waals surface area (Å²) < 4.78 is 0. The third-order valence-electron chi connectivity index (χ3n) is 2.41. The van der Waals surface area contributed by atoms with Crippen molar-refractivity contribution >= 4 is 29.4 Å². The Morgan fingerprint density at radius 1 is 1.28 bits per heavy atom. The molecule has 1 aromatic heterocycles. The van der Waals surface area contributed by atoms with Gasteiger partial charge in [-0.2, -0.15) is 0 Å². The number of nitrogens with one attached hydrogen (secondary N) is 1. The molecule has 0 aliphatic heterocycles. The van der Waals surface area contributed by atoms with E-state index in [-0.39, 0.29) is 10.7 Å². The van der Waals surface area contributed by atoms with Gasteiger partial charge in [0, 0.05) is 5.69 Å². The average molecular weight is 262 g/mol. The van der Waals surface area contributed by atoms with E-state index in [4.69, 9.17) is 11.6 Å². The minimum absolute atomic E-state index is 0.160. The molecular weight excluding hydrogens is 250 g/mol. The summed E-state index contributed by atoms with van der Waals surface area (Å²) in [6.45, 7) is 3.71. The molecule has 92 valence electrons.